The Hall–Kier alpha value is -3.42. The van der Waals surface area contributed by atoms with Crippen molar-refractivity contribution in [2.75, 3.05) is 11.9 Å². The maximum atomic E-state index is 14.3. The summed E-state index contributed by atoms with van der Waals surface area (Å²) in [5.41, 5.74) is 1.87. The predicted octanol–water partition coefficient (Wildman–Crippen LogP) is 4.49. The fourth-order valence-corrected chi connectivity index (χ4v) is 3.51. The number of carbonyl (C=O) groups is 1. The molecule has 0 radical (unpaired) electrons. The maximum absolute atomic E-state index is 14.3. The molecule has 1 aliphatic heterocycles. The predicted molar refractivity (Wildman–Crippen MR) is 113 cm³/mol. The molecule has 1 N–H and O–H groups in total. The van der Waals surface area contributed by atoms with E-state index in [4.69, 9.17) is 4.98 Å². The molecular formula is C23H23F2N5O. The Kier molecular flexibility index (Phi) is 5.39. The molecule has 0 spiro atoms. The first-order valence-electron chi connectivity index (χ1n) is 10.0. The molecule has 0 saturated carbocycles. The first-order chi connectivity index (χ1) is 14.7. The van der Waals surface area contributed by atoms with Gasteiger partial charge in [0.15, 0.2) is 5.82 Å². The molecule has 31 heavy (non-hydrogen) atoms. The molecule has 1 aliphatic rings. The van der Waals surface area contributed by atoms with E-state index >= 15 is 0 Å². The van der Waals surface area contributed by atoms with E-state index in [9.17, 15) is 13.6 Å². The molecule has 1 aromatic carbocycles. The van der Waals surface area contributed by atoms with Gasteiger partial charge in [0.1, 0.15) is 17.5 Å². The van der Waals surface area contributed by atoms with E-state index < -0.39 is 17.0 Å². The summed E-state index contributed by atoms with van der Waals surface area (Å²) in [4.78, 5) is 28.0. The zero-order chi connectivity index (χ0) is 22.2. The third-order valence-electron chi connectivity index (χ3n) is 5.11. The van der Waals surface area contributed by atoms with Crippen molar-refractivity contribution in [2.24, 2.45) is 5.41 Å². The van der Waals surface area contributed by atoms with Gasteiger partial charge < -0.3 is 10.2 Å². The Morgan fingerprint density at radius 2 is 1.84 bits per heavy atom. The summed E-state index contributed by atoms with van der Waals surface area (Å²) in [5.74, 6) is -0.491. The van der Waals surface area contributed by atoms with Crippen LogP contribution >= 0.6 is 0 Å². The van der Waals surface area contributed by atoms with Gasteiger partial charge in [0.25, 0.3) is 0 Å². The number of nitrogens with one attached hydrogen (secondary N) is 1. The van der Waals surface area contributed by atoms with Crippen LogP contribution in [-0.2, 0) is 17.8 Å². The molecule has 8 heteroatoms. The summed E-state index contributed by atoms with van der Waals surface area (Å²) in [6.07, 6.45) is 3.85. The number of amides is 1. The van der Waals surface area contributed by atoms with Crippen molar-refractivity contribution in [3.05, 3.63) is 65.6 Å². The summed E-state index contributed by atoms with van der Waals surface area (Å²) >= 11 is 0. The van der Waals surface area contributed by atoms with Crippen LogP contribution in [0.4, 0.5) is 20.3 Å². The molecule has 6 nitrogen and oxygen atoms in total. The number of halogens is 2. The van der Waals surface area contributed by atoms with E-state index in [1.54, 1.807) is 29.4 Å². The number of aromatic nitrogens is 3. The average molecular weight is 423 g/mol. The minimum absolute atomic E-state index is 0.0234. The zero-order valence-electron chi connectivity index (χ0n) is 17.6. The van der Waals surface area contributed by atoms with Crippen LogP contribution in [0.5, 0.6) is 0 Å². The minimum Gasteiger partial charge on any atom is -0.337 e. The highest BCUT2D eigenvalue weighted by Gasteiger charge is 2.32. The maximum Gasteiger partial charge on any atom is 0.228 e. The second kappa shape index (κ2) is 8.02. The fraction of sp³-hybridized carbons (Fsp3) is 0.304. The van der Waals surface area contributed by atoms with Crippen molar-refractivity contribution in [3.63, 3.8) is 0 Å². The van der Waals surface area contributed by atoms with E-state index in [0.29, 0.717) is 31.2 Å². The van der Waals surface area contributed by atoms with Crippen LogP contribution in [0, 0.1) is 17.0 Å². The summed E-state index contributed by atoms with van der Waals surface area (Å²) in [6.45, 7) is 6.48. The normalized spacial score (nSPS) is 13.6. The standard InChI is InChI=1S/C23H23F2N5O/c1-23(2,3)22(31)30-11-8-18-16(13-30)21(28-19-5-4-15(24)12-17(19)25)29-20(27-18)14-6-9-26-10-7-14/h4-7,9-10,12H,8,11,13H2,1-3H3,(H,27,28,29). The van der Waals surface area contributed by atoms with Gasteiger partial charge in [-0.1, -0.05) is 20.8 Å². The van der Waals surface area contributed by atoms with Crippen LogP contribution in [0.25, 0.3) is 11.4 Å². The van der Waals surface area contributed by atoms with Gasteiger partial charge in [0, 0.05) is 48.0 Å². The third-order valence-corrected chi connectivity index (χ3v) is 5.11. The van der Waals surface area contributed by atoms with Crippen molar-refractivity contribution in [2.45, 2.75) is 33.7 Å². The van der Waals surface area contributed by atoms with Gasteiger partial charge in [0.2, 0.25) is 5.91 Å². The first-order valence-corrected chi connectivity index (χ1v) is 10.0. The van der Waals surface area contributed by atoms with Crippen molar-refractivity contribution in [1.82, 2.24) is 19.9 Å². The number of fused-ring (bicyclic) bond motifs is 1. The lowest BCUT2D eigenvalue weighted by Crippen LogP contribution is -2.42. The van der Waals surface area contributed by atoms with Crippen LogP contribution in [-0.4, -0.2) is 32.3 Å². The van der Waals surface area contributed by atoms with Gasteiger partial charge in [-0.15, -0.1) is 0 Å². The van der Waals surface area contributed by atoms with Gasteiger partial charge in [0.05, 0.1) is 17.9 Å². The summed E-state index contributed by atoms with van der Waals surface area (Å²) < 4.78 is 27.7. The summed E-state index contributed by atoms with van der Waals surface area (Å²) in [6, 6.07) is 6.91. The number of benzene rings is 1. The molecular weight excluding hydrogens is 400 g/mol. The zero-order valence-corrected chi connectivity index (χ0v) is 17.6. The highest BCUT2D eigenvalue weighted by molar-refractivity contribution is 5.82. The number of hydrogen-bond donors (Lipinski definition) is 1. The Labute approximate surface area is 179 Å². The lowest BCUT2D eigenvalue weighted by Gasteiger charge is -2.34. The third kappa shape index (κ3) is 4.38. The van der Waals surface area contributed by atoms with E-state index in [1.807, 2.05) is 20.8 Å². The van der Waals surface area contributed by atoms with Crippen molar-refractivity contribution in [1.29, 1.82) is 0 Å². The SMILES string of the molecule is CC(C)(C)C(=O)N1CCc2nc(-c3ccncc3)nc(Nc3ccc(F)cc3F)c2C1. The number of nitrogens with zero attached hydrogens (tertiary/aromatic N) is 4. The molecule has 1 amide bonds. The first kappa shape index (κ1) is 20.8. The average Bonchev–Trinajstić information content (AvgIpc) is 2.74. The topological polar surface area (TPSA) is 71.0 Å². The van der Waals surface area contributed by atoms with Crippen LogP contribution < -0.4 is 5.32 Å². The second-order valence-corrected chi connectivity index (χ2v) is 8.53. The van der Waals surface area contributed by atoms with Crippen LogP contribution in [0.2, 0.25) is 0 Å². The Morgan fingerprint density at radius 1 is 1.10 bits per heavy atom. The number of rotatable bonds is 3. The number of anilines is 2. The van der Waals surface area contributed by atoms with E-state index in [2.05, 4.69) is 15.3 Å². The van der Waals surface area contributed by atoms with Crippen molar-refractivity contribution in [3.8, 4) is 11.4 Å². The molecule has 3 heterocycles. The summed E-state index contributed by atoms with van der Waals surface area (Å²) in [7, 11) is 0. The number of carbonyl (C=O) groups excluding carboxylic acids is 1. The Morgan fingerprint density at radius 3 is 2.52 bits per heavy atom. The molecule has 0 aliphatic carbocycles. The Bertz CT molecular complexity index is 1130. The van der Waals surface area contributed by atoms with E-state index in [1.165, 1.54) is 12.1 Å². The van der Waals surface area contributed by atoms with E-state index in [-0.39, 0.29) is 11.6 Å². The Balaban J connectivity index is 1.78. The van der Waals surface area contributed by atoms with Crippen LogP contribution in [0.3, 0.4) is 0 Å². The molecule has 2 aromatic heterocycles. The second-order valence-electron chi connectivity index (χ2n) is 8.53. The quantitative estimate of drug-likeness (QED) is 0.672. The highest BCUT2D eigenvalue weighted by Crippen LogP contribution is 2.31. The number of hydrogen-bond acceptors (Lipinski definition) is 5. The number of pyridine rings is 1. The molecule has 0 fully saturated rings. The van der Waals surface area contributed by atoms with Gasteiger partial charge >= 0.3 is 0 Å². The molecule has 4 rings (SSSR count). The largest absolute Gasteiger partial charge is 0.337 e. The molecule has 0 bridgehead atoms. The molecule has 0 unspecified atom stereocenters. The van der Waals surface area contributed by atoms with Gasteiger partial charge in [-0.25, -0.2) is 18.7 Å². The fourth-order valence-electron chi connectivity index (χ4n) is 3.51. The lowest BCUT2D eigenvalue weighted by atomic mass is 9.93. The highest BCUT2D eigenvalue weighted by atomic mass is 19.1. The van der Waals surface area contributed by atoms with Crippen molar-refractivity contribution >= 4 is 17.4 Å². The molecule has 160 valence electrons. The van der Waals surface area contributed by atoms with Gasteiger partial charge in [-0.05, 0) is 24.3 Å². The van der Waals surface area contributed by atoms with Crippen molar-refractivity contribution < 1.29 is 13.6 Å². The summed E-state index contributed by atoms with van der Waals surface area (Å²) in [5, 5.41) is 2.99. The minimum atomic E-state index is -0.726. The van der Waals surface area contributed by atoms with Crippen LogP contribution in [0.15, 0.2) is 42.7 Å². The van der Waals surface area contributed by atoms with Gasteiger partial charge in [-0.2, -0.15) is 0 Å². The molecule has 3 aromatic rings. The molecule has 0 saturated heterocycles. The van der Waals surface area contributed by atoms with Gasteiger partial charge in [-0.3, -0.25) is 9.78 Å². The van der Waals surface area contributed by atoms with Crippen LogP contribution in [0.1, 0.15) is 32.0 Å². The lowest BCUT2D eigenvalue weighted by molar-refractivity contribution is -0.140. The molecule has 0 atom stereocenters. The monoisotopic (exact) mass is 423 g/mol. The van der Waals surface area contributed by atoms with E-state index in [0.717, 1.165) is 22.9 Å². The smallest absolute Gasteiger partial charge is 0.228 e.